The van der Waals surface area contributed by atoms with Gasteiger partial charge in [-0.15, -0.1) is 4.37 Å². The summed E-state index contributed by atoms with van der Waals surface area (Å²) in [7, 11) is 0. The number of hydrogen-bond acceptors (Lipinski definition) is 5. The summed E-state index contributed by atoms with van der Waals surface area (Å²) in [5.41, 5.74) is 2.15. The lowest BCUT2D eigenvalue weighted by molar-refractivity contribution is 0.179. The van der Waals surface area contributed by atoms with Gasteiger partial charge in [0.2, 0.25) is 0 Å². The van der Waals surface area contributed by atoms with Crippen molar-refractivity contribution in [1.82, 2.24) is 14.1 Å². The van der Waals surface area contributed by atoms with Crippen LogP contribution in [0.4, 0.5) is 0 Å². The predicted molar refractivity (Wildman–Crippen MR) is 79.6 cm³/mol. The zero-order chi connectivity index (χ0) is 13.7. The highest BCUT2D eigenvalue weighted by Crippen LogP contribution is 2.29. The smallest absolute Gasteiger partial charge is 0.253 e. The number of ether oxygens (including phenoxy) is 1. The third-order valence-corrected chi connectivity index (χ3v) is 4.01. The molecule has 0 aromatic carbocycles. The molecule has 1 aromatic rings. The molecule has 0 saturated heterocycles. The summed E-state index contributed by atoms with van der Waals surface area (Å²) < 4.78 is 14.8. The SMILES string of the molecule is CCCC(CC)Oc1nsnc1C1=CCCNC1C. The molecule has 1 aliphatic rings. The van der Waals surface area contributed by atoms with Crippen molar-refractivity contribution in [3.05, 3.63) is 11.8 Å². The van der Waals surface area contributed by atoms with Crippen LogP contribution in [0.2, 0.25) is 0 Å². The maximum absolute atomic E-state index is 6.04. The monoisotopic (exact) mass is 281 g/mol. The summed E-state index contributed by atoms with van der Waals surface area (Å²) in [6, 6.07) is 0.325. The molecule has 0 bridgehead atoms. The standard InChI is InChI=1S/C14H23N3OS/c1-4-7-11(5-2)18-14-13(16-19-17-14)12-8-6-9-15-10(12)3/h8,10-11,15H,4-7,9H2,1-3H3. The molecule has 0 fully saturated rings. The average molecular weight is 281 g/mol. The van der Waals surface area contributed by atoms with E-state index in [0.717, 1.165) is 37.9 Å². The first-order chi connectivity index (χ1) is 9.26. The van der Waals surface area contributed by atoms with Crippen LogP contribution in [-0.2, 0) is 0 Å². The van der Waals surface area contributed by atoms with Gasteiger partial charge < -0.3 is 10.1 Å². The van der Waals surface area contributed by atoms with Crippen molar-refractivity contribution in [2.75, 3.05) is 6.54 Å². The molecule has 1 aromatic heterocycles. The predicted octanol–water partition coefficient (Wildman–Crippen LogP) is 3.26. The Labute approximate surface area is 119 Å². The molecule has 2 heterocycles. The van der Waals surface area contributed by atoms with E-state index < -0.39 is 0 Å². The zero-order valence-electron chi connectivity index (χ0n) is 12.0. The molecule has 2 atom stereocenters. The molecule has 2 unspecified atom stereocenters. The summed E-state index contributed by atoms with van der Waals surface area (Å²) in [5, 5.41) is 3.45. The highest BCUT2D eigenvalue weighted by molar-refractivity contribution is 6.99. The van der Waals surface area contributed by atoms with Gasteiger partial charge in [-0.1, -0.05) is 26.3 Å². The van der Waals surface area contributed by atoms with Crippen LogP contribution in [0.5, 0.6) is 5.88 Å². The number of nitrogens with one attached hydrogen (secondary N) is 1. The molecule has 2 rings (SSSR count). The molecule has 4 nitrogen and oxygen atoms in total. The van der Waals surface area contributed by atoms with E-state index in [1.807, 2.05) is 0 Å². The third kappa shape index (κ3) is 3.54. The van der Waals surface area contributed by atoms with Crippen LogP contribution >= 0.6 is 11.7 Å². The van der Waals surface area contributed by atoms with Crippen molar-refractivity contribution >= 4 is 17.3 Å². The minimum atomic E-state index is 0.250. The topological polar surface area (TPSA) is 47.0 Å². The van der Waals surface area contributed by atoms with Crippen LogP contribution in [-0.4, -0.2) is 27.4 Å². The van der Waals surface area contributed by atoms with E-state index >= 15 is 0 Å². The fourth-order valence-corrected chi connectivity index (χ4v) is 2.89. The fraction of sp³-hybridized carbons (Fsp3) is 0.714. The molecule has 1 N–H and O–H groups in total. The summed E-state index contributed by atoms with van der Waals surface area (Å²) >= 11 is 1.24. The third-order valence-electron chi connectivity index (χ3n) is 3.50. The average Bonchev–Trinajstić information content (AvgIpc) is 2.87. The van der Waals surface area contributed by atoms with Gasteiger partial charge in [0.25, 0.3) is 5.88 Å². The first-order valence-electron chi connectivity index (χ1n) is 7.19. The fourth-order valence-electron chi connectivity index (χ4n) is 2.38. The van der Waals surface area contributed by atoms with E-state index in [2.05, 4.69) is 40.9 Å². The molecular formula is C14H23N3OS. The van der Waals surface area contributed by atoms with Gasteiger partial charge >= 0.3 is 0 Å². The minimum Gasteiger partial charge on any atom is -0.472 e. The zero-order valence-corrected chi connectivity index (χ0v) is 12.8. The van der Waals surface area contributed by atoms with Crippen molar-refractivity contribution < 1.29 is 4.74 Å². The van der Waals surface area contributed by atoms with Crippen molar-refractivity contribution in [2.45, 2.75) is 58.6 Å². The summed E-state index contributed by atoms with van der Waals surface area (Å²) in [6.45, 7) is 7.54. The van der Waals surface area contributed by atoms with Gasteiger partial charge in [-0.25, -0.2) is 0 Å². The quantitative estimate of drug-likeness (QED) is 0.869. The first kappa shape index (κ1) is 14.5. The molecule has 0 saturated carbocycles. The second kappa shape index (κ2) is 7.01. The largest absolute Gasteiger partial charge is 0.472 e. The van der Waals surface area contributed by atoms with Crippen LogP contribution in [0.15, 0.2) is 6.08 Å². The Kier molecular flexibility index (Phi) is 5.34. The summed E-state index contributed by atoms with van der Waals surface area (Å²) in [5.74, 6) is 0.715. The molecule has 0 radical (unpaired) electrons. The van der Waals surface area contributed by atoms with Crippen LogP contribution in [0.1, 0.15) is 52.1 Å². The Hall–Kier alpha value is -0.940. The number of nitrogens with zero attached hydrogens (tertiary/aromatic N) is 2. The van der Waals surface area contributed by atoms with Crippen molar-refractivity contribution in [3.63, 3.8) is 0 Å². The maximum Gasteiger partial charge on any atom is 0.253 e. The van der Waals surface area contributed by atoms with Crippen molar-refractivity contribution in [3.8, 4) is 5.88 Å². The highest BCUT2D eigenvalue weighted by atomic mass is 32.1. The number of aromatic nitrogens is 2. The van der Waals surface area contributed by atoms with Crippen LogP contribution in [0, 0.1) is 0 Å². The summed E-state index contributed by atoms with van der Waals surface area (Å²) in [6.07, 6.45) is 6.76. The number of rotatable bonds is 6. The molecule has 0 spiro atoms. The van der Waals surface area contributed by atoms with Gasteiger partial charge in [0.05, 0.1) is 11.7 Å². The first-order valence-corrected chi connectivity index (χ1v) is 7.92. The van der Waals surface area contributed by atoms with Gasteiger partial charge in [0.1, 0.15) is 11.8 Å². The molecule has 19 heavy (non-hydrogen) atoms. The Balaban J connectivity index is 2.15. The lowest BCUT2D eigenvalue weighted by atomic mass is 10.0. The molecule has 5 heteroatoms. The second-order valence-electron chi connectivity index (χ2n) is 4.98. The lowest BCUT2D eigenvalue weighted by Gasteiger charge is -2.22. The Morgan fingerprint density at radius 1 is 1.47 bits per heavy atom. The maximum atomic E-state index is 6.04. The highest BCUT2D eigenvalue weighted by Gasteiger charge is 2.22. The van der Waals surface area contributed by atoms with Crippen LogP contribution in [0.25, 0.3) is 5.57 Å². The summed E-state index contributed by atoms with van der Waals surface area (Å²) in [4.78, 5) is 0. The molecular weight excluding hydrogens is 258 g/mol. The van der Waals surface area contributed by atoms with Gasteiger partial charge in [0, 0.05) is 6.04 Å². The van der Waals surface area contributed by atoms with E-state index in [4.69, 9.17) is 4.74 Å². The Bertz CT molecular complexity index is 430. The van der Waals surface area contributed by atoms with E-state index in [9.17, 15) is 0 Å². The normalized spacial score (nSPS) is 21.0. The molecule has 1 aliphatic heterocycles. The van der Waals surface area contributed by atoms with Gasteiger partial charge in [0.15, 0.2) is 0 Å². The lowest BCUT2D eigenvalue weighted by Crippen LogP contribution is -2.31. The number of hydrogen-bond donors (Lipinski definition) is 1. The van der Waals surface area contributed by atoms with Crippen LogP contribution < -0.4 is 10.1 Å². The Morgan fingerprint density at radius 3 is 3.00 bits per heavy atom. The molecule has 0 aliphatic carbocycles. The van der Waals surface area contributed by atoms with E-state index in [1.54, 1.807) is 0 Å². The molecule has 0 amide bonds. The van der Waals surface area contributed by atoms with Crippen molar-refractivity contribution in [1.29, 1.82) is 0 Å². The van der Waals surface area contributed by atoms with Gasteiger partial charge in [-0.3, -0.25) is 0 Å². The molecule has 106 valence electrons. The van der Waals surface area contributed by atoms with Crippen molar-refractivity contribution in [2.24, 2.45) is 0 Å². The Morgan fingerprint density at radius 2 is 2.32 bits per heavy atom. The minimum absolute atomic E-state index is 0.250. The van der Waals surface area contributed by atoms with Crippen LogP contribution in [0.3, 0.4) is 0 Å². The van der Waals surface area contributed by atoms with E-state index in [0.29, 0.717) is 11.9 Å². The van der Waals surface area contributed by atoms with E-state index in [-0.39, 0.29) is 6.10 Å². The van der Waals surface area contributed by atoms with Gasteiger partial charge in [-0.05, 0) is 38.3 Å². The van der Waals surface area contributed by atoms with Gasteiger partial charge in [-0.2, -0.15) is 4.37 Å². The second-order valence-corrected chi connectivity index (χ2v) is 5.51. The van der Waals surface area contributed by atoms with E-state index in [1.165, 1.54) is 17.3 Å².